The van der Waals surface area contributed by atoms with Crippen molar-refractivity contribution in [3.05, 3.63) is 83.0 Å². The highest BCUT2D eigenvalue weighted by molar-refractivity contribution is 7.18. The number of pyridine rings is 1. The number of nitrogens with one attached hydrogen (secondary N) is 1. The average Bonchev–Trinajstić information content (AvgIpc) is 3.29. The van der Waals surface area contributed by atoms with E-state index in [1.807, 2.05) is 62.5 Å². The predicted molar refractivity (Wildman–Crippen MR) is 137 cm³/mol. The number of esters is 1. The molecule has 2 heterocycles. The number of nitrogens with zero attached hydrogens (tertiary/aromatic N) is 2. The molecule has 0 aliphatic carbocycles. The molecule has 0 amide bonds. The number of anilines is 1. The van der Waals surface area contributed by atoms with Gasteiger partial charge in [0, 0.05) is 25.1 Å². The van der Waals surface area contributed by atoms with E-state index in [4.69, 9.17) is 14.5 Å². The van der Waals surface area contributed by atoms with E-state index in [1.165, 1.54) is 0 Å². The van der Waals surface area contributed by atoms with Gasteiger partial charge in [-0.25, -0.2) is 9.97 Å². The highest BCUT2D eigenvalue weighted by Crippen LogP contribution is 2.32. The Hall–Kier alpha value is -3.45. The number of benzene rings is 2. The number of hydrogen-bond donors (Lipinski definition) is 1. The minimum absolute atomic E-state index is 0.0336. The van der Waals surface area contributed by atoms with Crippen LogP contribution in [0.2, 0.25) is 0 Å². The molecule has 0 bridgehead atoms. The van der Waals surface area contributed by atoms with Crippen molar-refractivity contribution >= 4 is 33.3 Å². The fourth-order valence-electron chi connectivity index (χ4n) is 3.77. The summed E-state index contributed by atoms with van der Waals surface area (Å²) in [4.78, 5) is 21.6. The standard InChI is InChI=1S/C27H29N3O3S/c1-3-32-26(31)18-20(27-30-23-8-4-5-9-24(23)34-27)17-19-11-13-22(14-12-19)33-16-15-21-7-6-10-25(28-2)29-21/h4-14,20H,3,15-18H2,1-2H3,(H,28,29). The number of para-hydroxylation sites is 1. The van der Waals surface area contributed by atoms with Gasteiger partial charge >= 0.3 is 5.97 Å². The summed E-state index contributed by atoms with van der Waals surface area (Å²) in [5, 5.41) is 4.01. The Kier molecular flexibility index (Phi) is 8.09. The first-order valence-corrected chi connectivity index (χ1v) is 12.3. The van der Waals surface area contributed by atoms with Gasteiger partial charge in [-0.15, -0.1) is 11.3 Å². The van der Waals surface area contributed by atoms with Crippen LogP contribution in [0.15, 0.2) is 66.7 Å². The van der Waals surface area contributed by atoms with Crippen LogP contribution >= 0.6 is 11.3 Å². The van der Waals surface area contributed by atoms with Crippen molar-refractivity contribution in [3.63, 3.8) is 0 Å². The van der Waals surface area contributed by atoms with Crippen LogP contribution in [-0.2, 0) is 22.4 Å². The van der Waals surface area contributed by atoms with Crippen LogP contribution in [0.3, 0.4) is 0 Å². The molecule has 4 aromatic rings. The third kappa shape index (κ3) is 6.32. The largest absolute Gasteiger partial charge is 0.493 e. The van der Waals surface area contributed by atoms with E-state index < -0.39 is 0 Å². The van der Waals surface area contributed by atoms with Gasteiger partial charge in [-0.05, 0) is 55.3 Å². The maximum Gasteiger partial charge on any atom is 0.306 e. The number of hydrogen-bond acceptors (Lipinski definition) is 7. The molecule has 0 fully saturated rings. The Labute approximate surface area is 204 Å². The minimum Gasteiger partial charge on any atom is -0.493 e. The van der Waals surface area contributed by atoms with Gasteiger partial charge in [0.15, 0.2) is 0 Å². The number of ether oxygens (including phenoxy) is 2. The normalized spacial score (nSPS) is 11.8. The Morgan fingerprint density at radius 3 is 2.62 bits per heavy atom. The van der Waals surface area contributed by atoms with Gasteiger partial charge in [0.2, 0.25) is 0 Å². The molecule has 7 heteroatoms. The van der Waals surface area contributed by atoms with Crippen molar-refractivity contribution in [1.82, 2.24) is 9.97 Å². The molecule has 0 aliphatic heterocycles. The lowest BCUT2D eigenvalue weighted by Gasteiger charge is -2.14. The Balaban J connectivity index is 1.40. The van der Waals surface area contributed by atoms with Gasteiger partial charge in [0.25, 0.3) is 0 Å². The third-order valence-corrected chi connectivity index (χ3v) is 6.67. The molecular weight excluding hydrogens is 446 g/mol. The zero-order chi connectivity index (χ0) is 23.8. The van der Waals surface area contributed by atoms with E-state index >= 15 is 0 Å². The second-order valence-electron chi connectivity index (χ2n) is 7.94. The van der Waals surface area contributed by atoms with Gasteiger partial charge in [0.05, 0.1) is 34.9 Å². The molecule has 0 saturated carbocycles. The topological polar surface area (TPSA) is 73.3 Å². The van der Waals surface area contributed by atoms with Crippen LogP contribution in [0.25, 0.3) is 10.2 Å². The zero-order valence-electron chi connectivity index (χ0n) is 19.5. The van der Waals surface area contributed by atoms with E-state index in [-0.39, 0.29) is 11.9 Å². The number of carbonyl (C=O) groups is 1. The van der Waals surface area contributed by atoms with Crippen molar-refractivity contribution in [1.29, 1.82) is 0 Å². The van der Waals surface area contributed by atoms with Gasteiger partial charge in [-0.3, -0.25) is 4.79 Å². The Morgan fingerprint density at radius 1 is 1.03 bits per heavy atom. The fourth-order valence-corrected chi connectivity index (χ4v) is 4.84. The number of carbonyl (C=O) groups excluding carboxylic acids is 1. The van der Waals surface area contributed by atoms with Crippen LogP contribution < -0.4 is 10.1 Å². The molecule has 1 N–H and O–H groups in total. The number of rotatable bonds is 11. The van der Waals surface area contributed by atoms with Crippen LogP contribution in [0.4, 0.5) is 5.82 Å². The smallest absolute Gasteiger partial charge is 0.306 e. The lowest BCUT2D eigenvalue weighted by atomic mass is 9.96. The van der Waals surface area contributed by atoms with E-state index in [0.717, 1.165) is 44.5 Å². The predicted octanol–water partition coefficient (Wildman–Crippen LogP) is 5.63. The van der Waals surface area contributed by atoms with E-state index in [1.54, 1.807) is 11.3 Å². The van der Waals surface area contributed by atoms with Gasteiger partial charge in [0.1, 0.15) is 11.6 Å². The molecule has 34 heavy (non-hydrogen) atoms. The molecule has 2 aromatic carbocycles. The molecule has 6 nitrogen and oxygen atoms in total. The average molecular weight is 476 g/mol. The molecule has 1 atom stereocenters. The summed E-state index contributed by atoms with van der Waals surface area (Å²) in [6, 6.07) is 22.1. The van der Waals surface area contributed by atoms with E-state index in [0.29, 0.717) is 26.1 Å². The number of aromatic nitrogens is 2. The quantitative estimate of drug-likeness (QED) is 0.283. The Bertz CT molecular complexity index is 1190. The first-order chi connectivity index (χ1) is 16.6. The monoisotopic (exact) mass is 475 g/mol. The number of thiazole rings is 1. The van der Waals surface area contributed by atoms with Crippen LogP contribution in [0.5, 0.6) is 5.75 Å². The molecule has 1 unspecified atom stereocenters. The second kappa shape index (κ2) is 11.6. The summed E-state index contributed by atoms with van der Waals surface area (Å²) in [5.41, 5.74) is 3.08. The van der Waals surface area contributed by atoms with Crippen molar-refractivity contribution in [2.24, 2.45) is 0 Å². The maximum atomic E-state index is 12.3. The van der Waals surface area contributed by atoms with E-state index in [9.17, 15) is 4.79 Å². The molecule has 0 aliphatic rings. The zero-order valence-corrected chi connectivity index (χ0v) is 20.3. The number of fused-ring (bicyclic) bond motifs is 1. The van der Waals surface area contributed by atoms with E-state index in [2.05, 4.69) is 28.5 Å². The summed E-state index contributed by atoms with van der Waals surface area (Å²) in [6.07, 6.45) is 1.75. The van der Waals surface area contributed by atoms with Crippen molar-refractivity contribution in [2.45, 2.75) is 32.1 Å². The van der Waals surface area contributed by atoms with Gasteiger partial charge in [-0.2, -0.15) is 0 Å². The maximum absolute atomic E-state index is 12.3. The lowest BCUT2D eigenvalue weighted by Crippen LogP contribution is -2.12. The Morgan fingerprint density at radius 2 is 1.85 bits per heavy atom. The molecule has 176 valence electrons. The summed E-state index contributed by atoms with van der Waals surface area (Å²) in [7, 11) is 1.86. The third-order valence-electron chi connectivity index (χ3n) is 5.47. The first kappa shape index (κ1) is 23.7. The summed E-state index contributed by atoms with van der Waals surface area (Å²) < 4.78 is 12.3. The SMILES string of the molecule is CCOC(=O)CC(Cc1ccc(OCCc2cccc(NC)n2)cc1)c1nc2ccccc2s1. The van der Waals surface area contributed by atoms with Crippen molar-refractivity contribution < 1.29 is 14.3 Å². The molecule has 2 aromatic heterocycles. The molecular formula is C27H29N3O3S. The molecule has 0 spiro atoms. The van der Waals surface area contributed by atoms with Crippen LogP contribution in [-0.4, -0.2) is 36.2 Å². The molecule has 4 rings (SSSR count). The second-order valence-corrected chi connectivity index (χ2v) is 9.00. The summed E-state index contributed by atoms with van der Waals surface area (Å²) in [5.74, 6) is 1.44. The molecule has 0 saturated heterocycles. The minimum atomic E-state index is -0.192. The lowest BCUT2D eigenvalue weighted by molar-refractivity contribution is -0.143. The van der Waals surface area contributed by atoms with Gasteiger partial charge < -0.3 is 14.8 Å². The highest BCUT2D eigenvalue weighted by atomic mass is 32.1. The van der Waals surface area contributed by atoms with Crippen molar-refractivity contribution in [3.8, 4) is 5.75 Å². The fraction of sp³-hybridized carbons (Fsp3) is 0.296. The van der Waals surface area contributed by atoms with Crippen LogP contribution in [0.1, 0.15) is 35.5 Å². The first-order valence-electron chi connectivity index (χ1n) is 11.5. The van der Waals surface area contributed by atoms with Crippen LogP contribution in [0, 0.1) is 0 Å². The highest BCUT2D eigenvalue weighted by Gasteiger charge is 2.21. The van der Waals surface area contributed by atoms with Crippen molar-refractivity contribution in [2.75, 3.05) is 25.6 Å². The summed E-state index contributed by atoms with van der Waals surface area (Å²) in [6.45, 7) is 2.76. The summed E-state index contributed by atoms with van der Waals surface area (Å²) >= 11 is 1.65. The van der Waals surface area contributed by atoms with Gasteiger partial charge in [-0.1, -0.05) is 30.3 Å². The molecule has 0 radical (unpaired) electrons.